The van der Waals surface area contributed by atoms with E-state index in [4.69, 9.17) is 9.47 Å². The molecule has 2 aromatic heterocycles. The van der Waals surface area contributed by atoms with Crippen LogP contribution in [0.3, 0.4) is 0 Å². The third-order valence-electron chi connectivity index (χ3n) is 5.97. The minimum Gasteiger partial charge on any atom is -0.497 e. The second kappa shape index (κ2) is 10.7. The molecule has 0 N–H and O–H groups in total. The van der Waals surface area contributed by atoms with Gasteiger partial charge in [0.2, 0.25) is 5.91 Å². The number of rotatable bonds is 8. The third-order valence-corrected chi connectivity index (χ3v) is 6.96. The number of likely N-dealkylation sites (tertiary alicyclic amines) is 1. The predicted octanol–water partition coefficient (Wildman–Crippen LogP) is 3.99. The van der Waals surface area contributed by atoms with Gasteiger partial charge in [-0.2, -0.15) is 0 Å². The highest BCUT2D eigenvalue weighted by atomic mass is 32.2. The van der Waals surface area contributed by atoms with Crippen LogP contribution in [0.25, 0.3) is 10.9 Å². The van der Waals surface area contributed by atoms with Crippen LogP contribution >= 0.6 is 11.8 Å². The summed E-state index contributed by atoms with van der Waals surface area (Å²) in [7, 11) is 1.66. The molecule has 3 heterocycles. The highest BCUT2D eigenvalue weighted by Crippen LogP contribution is 2.28. The number of aromatic nitrogens is 2. The Balaban J connectivity index is 1.36. The van der Waals surface area contributed by atoms with E-state index in [1.54, 1.807) is 13.3 Å². The predicted molar refractivity (Wildman–Crippen MR) is 128 cm³/mol. The summed E-state index contributed by atoms with van der Waals surface area (Å²) >= 11 is 1.47. The Hall–Kier alpha value is -3.00. The number of piperidine rings is 1. The second-order valence-corrected chi connectivity index (χ2v) is 9.00. The number of amides is 1. The number of fused-ring (bicyclic) bond motifs is 1. The van der Waals surface area contributed by atoms with Gasteiger partial charge in [0.25, 0.3) is 0 Å². The van der Waals surface area contributed by atoms with Crippen LogP contribution in [0.2, 0.25) is 0 Å². The van der Waals surface area contributed by atoms with Gasteiger partial charge in [-0.05, 0) is 49.6 Å². The molecule has 0 aliphatic carbocycles. The van der Waals surface area contributed by atoms with E-state index in [-0.39, 0.29) is 17.8 Å². The SMILES string of the molecule is CCOC(=O)C1CCN(C(=O)CSc2nccc3c2ccn3Cc2ccc(OC)cc2)CC1. The molecule has 1 aliphatic rings. The molecule has 0 spiro atoms. The first kappa shape index (κ1) is 23.2. The maximum atomic E-state index is 12.8. The number of carbonyl (C=O) groups excluding carboxylic acids is 2. The van der Waals surface area contributed by atoms with Gasteiger partial charge in [0.15, 0.2) is 0 Å². The Morgan fingerprint density at radius 2 is 1.88 bits per heavy atom. The molecule has 1 amide bonds. The number of methoxy groups -OCH3 is 1. The lowest BCUT2D eigenvalue weighted by Crippen LogP contribution is -2.41. The monoisotopic (exact) mass is 467 g/mol. The summed E-state index contributed by atoms with van der Waals surface area (Å²) < 4.78 is 12.5. The summed E-state index contributed by atoms with van der Waals surface area (Å²) in [4.78, 5) is 31.0. The number of thioether (sulfide) groups is 1. The lowest BCUT2D eigenvalue weighted by atomic mass is 9.97. The van der Waals surface area contributed by atoms with Crippen molar-refractivity contribution in [3.63, 3.8) is 0 Å². The average Bonchev–Trinajstić information content (AvgIpc) is 3.26. The number of ether oxygens (including phenoxy) is 2. The highest BCUT2D eigenvalue weighted by molar-refractivity contribution is 8.00. The van der Waals surface area contributed by atoms with E-state index in [2.05, 4.69) is 33.9 Å². The summed E-state index contributed by atoms with van der Waals surface area (Å²) in [5.41, 5.74) is 2.27. The van der Waals surface area contributed by atoms with E-state index in [9.17, 15) is 9.59 Å². The molecule has 174 valence electrons. The smallest absolute Gasteiger partial charge is 0.309 e. The van der Waals surface area contributed by atoms with E-state index < -0.39 is 0 Å². The first-order valence-electron chi connectivity index (χ1n) is 11.2. The lowest BCUT2D eigenvalue weighted by molar-refractivity contribution is -0.151. The summed E-state index contributed by atoms with van der Waals surface area (Å²) in [6.45, 7) is 4.15. The van der Waals surface area contributed by atoms with Crippen molar-refractivity contribution in [3.8, 4) is 5.75 Å². The molecule has 0 saturated carbocycles. The molecule has 3 aromatic rings. The molecule has 0 radical (unpaired) electrons. The van der Waals surface area contributed by atoms with E-state index >= 15 is 0 Å². The highest BCUT2D eigenvalue weighted by Gasteiger charge is 2.28. The fourth-order valence-corrected chi connectivity index (χ4v) is 5.03. The largest absolute Gasteiger partial charge is 0.497 e. The molecule has 7 nitrogen and oxygen atoms in total. The maximum absolute atomic E-state index is 12.8. The van der Waals surface area contributed by atoms with E-state index in [1.807, 2.05) is 30.0 Å². The van der Waals surface area contributed by atoms with Gasteiger partial charge in [0, 0.05) is 37.4 Å². The van der Waals surface area contributed by atoms with Crippen LogP contribution in [0.15, 0.2) is 53.8 Å². The number of nitrogens with zero attached hydrogens (tertiary/aromatic N) is 3. The quantitative estimate of drug-likeness (QED) is 0.368. The number of pyridine rings is 1. The molecule has 0 atom stereocenters. The fraction of sp³-hybridized carbons (Fsp3) is 0.400. The standard InChI is InChI=1S/C25H29N3O4S/c1-3-32-25(30)19-9-13-27(14-10-19)23(29)17-33-24-21-11-15-28(22(21)8-12-26-24)16-18-4-6-20(31-2)7-5-18/h4-8,11-12,15,19H,3,9-10,13-14,16-17H2,1-2H3. The Kier molecular flexibility index (Phi) is 7.54. The van der Waals surface area contributed by atoms with Crippen molar-refractivity contribution in [1.29, 1.82) is 0 Å². The molecular formula is C25H29N3O4S. The summed E-state index contributed by atoms with van der Waals surface area (Å²) in [5, 5.41) is 1.90. The maximum Gasteiger partial charge on any atom is 0.309 e. The Morgan fingerprint density at radius 1 is 1.12 bits per heavy atom. The van der Waals surface area contributed by atoms with Crippen LogP contribution in [0.4, 0.5) is 0 Å². The topological polar surface area (TPSA) is 73.7 Å². The van der Waals surface area contributed by atoms with E-state index in [1.165, 1.54) is 17.3 Å². The number of hydrogen-bond acceptors (Lipinski definition) is 6. The molecule has 1 aromatic carbocycles. The van der Waals surface area contributed by atoms with Crippen molar-refractivity contribution in [2.45, 2.75) is 31.3 Å². The van der Waals surface area contributed by atoms with Gasteiger partial charge in [0.1, 0.15) is 10.8 Å². The van der Waals surface area contributed by atoms with Crippen LogP contribution in [0.1, 0.15) is 25.3 Å². The van der Waals surface area contributed by atoms with Crippen molar-refractivity contribution in [1.82, 2.24) is 14.5 Å². The molecule has 8 heteroatoms. The van der Waals surface area contributed by atoms with Gasteiger partial charge in [-0.25, -0.2) is 4.98 Å². The van der Waals surface area contributed by atoms with Crippen LogP contribution in [-0.2, 0) is 20.9 Å². The normalized spacial score (nSPS) is 14.4. The molecular weight excluding hydrogens is 438 g/mol. The minimum atomic E-state index is -0.144. The van der Waals surface area contributed by atoms with Gasteiger partial charge in [-0.1, -0.05) is 23.9 Å². The Labute approximate surface area is 198 Å². The van der Waals surface area contributed by atoms with Crippen LogP contribution < -0.4 is 4.74 Å². The van der Waals surface area contributed by atoms with Crippen LogP contribution in [0, 0.1) is 5.92 Å². The van der Waals surface area contributed by atoms with Gasteiger partial charge < -0.3 is 18.9 Å². The zero-order valence-electron chi connectivity index (χ0n) is 19.0. The second-order valence-electron chi connectivity index (χ2n) is 8.04. The van der Waals surface area contributed by atoms with Gasteiger partial charge in [-0.15, -0.1) is 0 Å². The molecule has 1 fully saturated rings. The van der Waals surface area contributed by atoms with Crippen molar-refractivity contribution in [2.75, 3.05) is 32.6 Å². The van der Waals surface area contributed by atoms with Gasteiger partial charge >= 0.3 is 5.97 Å². The average molecular weight is 468 g/mol. The zero-order chi connectivity index (χ0) is 23.2. The first-order valence-corrected chi connectivity index (χ1v) is 12.2. The van der Waals surface area contributed by atoms with E-state index in [0.29, 0.717) is 38.3 Å². The Morgan fingerprint density at radius 3 is 2.58 bits per heavy atom. The van der Waals surface area contributed by atoms with Crippen molar-refractivity contribution in [3.05, 3.63) is 54.4 Å². The fourth-order valence-electron chi connectivity index (χ4n) is 4.12. The third kappa shape index (κ3) is 5.50. The lowest BCUT2D eigenvalue weighted by Gasteiger charge is -2.30. The molecule has 0 bridgehead atoms. The number of benzene rings is 1. The van der Waals surface area contributed by atoms with Crippen LogP contribution in [-0.4, -0.2) is 58.9 Å². The molecule has 4 rings (SSSR count). The van der Waals surface area contributed by atoms with Crippen molar-refractivity contribution >= 4 is 34.5 Å². The number of carbonyl (C=O) groups is 2. The van der Waals surface area contributed by atoms with E-state index in [0.717, 1.165) is 28.2 Å². The summed E-state index contributed by atoms with van der Waals surface area (Å²) in [5.74, 6) is 1.02. The Bertz CT molecular complexity index is 1100. The minimum absolute atomic E-state index is 0.0822. The molecule has 0 unspecified atom stereocenters. The molecule has 33 heavy (non-hydrogen) atoms. The molecule has 1 aliphatic heterocycles. The summed E-state index contributed by atoms with van der Waals surface area (Å²) in [6.07, 6.45) is 5.18. The summed E-state index contributed by atoms with van der Waals surface area (Å²) in [6, 6.07) is 12.1. The van der Waals surface area contributed by atoms with Gasteiger partial charge in [-0.3, -0.25) is 9.59 Å². The number of esters is 1. The van der Waals surface area contributed by atoms with Crippen molar-refractivity contribution in [2.24, 2.45) is 5.92 Å². The zero-order valence-corrected chi connectivity index (χ0v) is 19.8. The van der Waals surface area contributed by atoms with Gasteiger partial charge in [0.05, 0.1) is 30.9 Å². The molecule has 1 saturated heterocycles. The first-order chi connectivity index (χ1) is 16.1. The number of hydrogen-bond donors (Lipinski definition) is 0. The van der Waals surface area contributed by atoms with Crippen LogP contribution in [0.5, 0.6) is 5.75 Å². The van der Waals surface area contributed by atoms with Crippen molar-refractivity contribution < 1.29 is 19.1 Å².